The van der Waals surface area contributed by atoms with Crippen LogP contribution in [0.25, 0.3) is 0 Å². The normalized spacial score (nSPS) is 10.8. The van der Waals surface area contributed by atoms with E-state index in [0.717, 1.165) is 0 Å². The third kappa shape index (κ3) is 9.61. The highest BCUT2D eigenvalue weighted by molar-refractivity contribution is 5.97. The van der Waals surface area contributed by atoms with Crippen molar-refractivity contribution in [2.75, 3.05) is 19.8 Å². The predicted molar refractivity (Wildman–Crippen MR) is 67.3 cm³/mol. The number of hydrogen-bond acceptors (Lipinski definition) is 7. The largest absolute Gasteiger partial charge is 0.479 e. The number of carboxylic acids is 1. The lowest BCUT2D eigenvalue weighted by atomic mass is 10.4. The minimum atomic E-state index is -2.56. The Balaban J connectivity index is 0. The first-order chi connectivity index (χ1) is 10.2. The summed E-state index contributed by atoms with van der Waals surface area (Å²) in [6, 6.07) is 0. The van der Waals surface area contributed by atoms with Crippen LogP contribution < -0.4 is 0 Å². The van der Waals surface area contributed by atoms with Gasteiger partial charge in [-0.05, 0) is 20.8 Å². The number of ether oxygens (including phenoxy) is 3. The van der Waals surface area contributed by atoms with E-state index in [4.69, 9.17) is 5.11 Å². The Morgan fingerprint density at radius 3 is 1.27 bits per heavy atom. The van der Waals surface area contributed by atoms with E-state index in [0.29, 0.717) is 0 Å². The highest BCUT2D eigenvalue weighted by atomic mass is 19.1. The van der Waals surface area contributed by atoms with Crippen molar-refractivity contribution in [2.24, 2.45) is 0 Å². The fraction of sp³-hybridized carbons (Fsp3) is 0.667. The van der Waals surface area contributed by atoms with Crippen LogP contribution in [0.2, 0.25) is 0 Å². The topological polar surface area (TPSA) is 116 Å². The van der Waals surface area contributed by atoms with Gasteiger partial charge in [-0.1, -0.05) is 0 Å². The Morgan fingerprint density at radius 1 is 0.773 bits per heavy atom. The van der Waals surface area contributed by atoms with Gasteiger partial charge in [0.25, 0.3) is 12.3 Å². The second-order valence-corrected chi connectivity index (χ2v) is 3.32. The van der Waals surface area contributed by atoms with E-state index in [1.807, 2.05) is 0 Å². The van der Waals surface area contributed by atoms with Gasteiger partial charge in [-0.25, -0.2) is 28.0 Å². The summed E-state index contributed by atoms with van der Waals surface area (Å²) >= 11 is 0. The maximum Gasteiger partial charge on any atom is 0.352 e. The number of esters is 3. The molecule has 0 bridgehead atoms. The molecule has 0 aromatic heterocycles. The van der Waals surface area contributed by atoms with E-state index in [1.165, 1.54) is 20.8 Å². The van der Waals surface area contributed by atoms with Crippen LogP contribution in [0.4, 0.5) is 8.78 Å². The van der Waals surface area contributed by atoms with Gasteiger partial charge in [0.15, 0.2) is 0 Å². The molecule has 1 atom stereocenters. The van der Waals surface area contributed by atoms with Crippen molar-refractivity contribution < 1.29 is 47.3 Å². The Bertz CT molecular complexity index is 367. The summed E-state index contributed by atoms with van der Waals surface area (Å²) in [5, 5.41) is 7.90. The van der Waals surface area contributed by atoms with Gasteiger partial charge in [-0.3, -0.25) is 0 Å². The van der Waals surface area contributed by atoms with Gasteiger partial charge in [0.2, 0.25) is 0 Å². The molecular weight excluding hydrogens is 310 g/mol. The summed E-state index contributed by atoms with van der Waals surface area (Å²) in [4.78, 5) is 41.1. The van der Waals surface area contributed by atoms with Crippen molar-refractivity contribution in [2.45, 2.75) is 33.1 Å². The first-order valence-electron chi connectivity index (χ1n) is 6.23. The Hall–Kier alpha value is -2.26. The third-order valence-electron chi connectivity index (χ3n) is 1.70. The zero-order valence-electron chi connectivity index (χ0n) is 12.3. The van der Waals surface area contributed by atoms with Gasteiger partial charge in [0, 0.05) is 0 Å². The third-order valence-corrected chi connectivity index (χ3v) is 1.70. The van der Waals surface area contributed by atoms with Crippen LogP contribution in [0.3, 0.4) is 0 Å². The standard InChI is InChI=1S/C7H11FO4.C5H7FO4/c1-3-11-6(9)5(8)7(10)12-4-2;1-2-10-5(9)3(6)4(7)8/h5H,3-4H2,1-2H3;3H,2H2,1H3,(H,7,8). The summed E-state index contributed by atoms with van der Waals surface area (Å²) in [7, 11) is 0. The van der Waals surface area contributed by atoms with Crippen LogP contribution in [0, 0.1) is 0 Å². The van der Waals surface area contributed by atoms with Gasteiger partial charge >= 0.3 is 23.9 Å². The van der Waals surface area contributed by atoms with Crippen molar-refractivity contribution in [1.29, 1.82) is 0 Å². The van der Waals surface area contributed by atoms with Crippen molar-refractivity contribution in [1.82, 2.24) is 0 Å². The van der Waals surface area contributed by atoms with Crippen LogP contribution in [0.1, 0.15) is 20.8 Å². The van der Waals surface area contributed by atoms with Crippen LogP contribution in [-0.2, 0) is 33.4 Å². The molecule has 0 aromatic carbocycles. The molecule has 128 valence electrons. The van der Waals surface area contributed by atoms with Gasteiger partial charge in [-0.15, -0.1) is 0 Å². The van der Waals surface area contributed by atoms with Gasteiger partial charge < -0.3 is 19.3 Å². The highest BCUT2D eigenvalue weighted by Gasteiger charge is 2.28. The van der Waals surface area contributed by atoms with Gasteiger partial charge in [0.1, 0.15) is 0 Å². The Morgan fingerprint density at radius 2 is 1.05 bits per heavy atom. The number of rotatable bonds is 7. The fourth-order valence-electron chi connectivity index (χ4n) is 0.843. The fourth-order valence-corrected chi connectivity index (χ4v) is 0.843. The molecule has 0 heterocycles. The van der Waals surface area contributed by atoms with E-state index in [2.05, 4.69) is 14.2 Å². The maximum absolute atomic E-state index is 12.6. The lowest BCUT2D eigenvalue weighted by Gasteiger charge is -2.05. The lowest BCUT2D eigenvalue weighted by molar-refractivity contribution is -0.163. The number of hydrogen-bond donors (Lipinski definition) is 1. The van der Waals surface area contributed by atoms with E-state index in [1.54, 1.807) is 0 Å². The van der Waals surface area contributed by atoms with E-state index in [-0.39, 0.29) is 19.8 Å². The van der Waals surface area contributed by atoms with Crippen LogP contribution in [0.5, 0.6) is 0 Å². The van der Waals surface area contributed by atoms with E-state index in [9.17, 15) is 28.0 Å². The van der Waals surface area contributed by atoms with Gasteiger partial charge in [0.05, 0.1) is 19.8 Å². The molecule has 1 unspecified atom stereocenters. The van der Waals surface area contributed by atoms with Crippen molar-refractivity contribution in [3.05, 3.63) is 0 Å². The molecule has 22 heavy (non-hydrogen) atoms. The number of carboxylic acid groups (broad SMARTS) is 1. The van der Waals surface area contributed by atoms with Crippen molar-refractivity contribution in [3.63, 3.8) is 0 Å². The first-order valence-corrected chi connectivity index (χ1v) is 6.23. The average molecular weight is 328 g/mol. The molecule has 1 N–H and O–H groups in total. The van der Waals surface area contributed by atoms with Crippen LogP contribution in [-0.4, -0.2) is 61.1 Å². The molecule has 0 spiro atoms. The number of carbonyl (C=O) groups excluding carboxylic acids is 3. The summed E-state index contributed by atoms with van der Waals surface area (Å²) < 4.78 is 37.2. The van der Waals surface area contributed by atoms with Crippen LogP contribution in [0.15, 0.2) is 0 Å². The number of halogens is 2. The summed E-state index contributed by atoms with van der Waals surface area (Å²) in [6.45, 7) is 4.57. The molecule has 0 saturated carbocycles. The molecule has 0 aromatic rings. The minimum Gasteiger partial charge on any atom is -0.479 e. The molecule has 0 fully saturated rings. The number of aliphatic carboxylic acids is 1. The Labute approximate surface area is 125 Å². The SMILES string of the molecule is CCOC(=O)C(F)C(=O)O.CCOC(=O)C(F)C(=O)OCC. The maximum atomic E-state index is 12.6. The zero-order chi connectivity index (χ0) is 17.7. The number of alkyl halides is 2. The minimum absolute atomic E-state index is 0.0213. The van der Waals surface area contributed by atoms with Gasteiger partial charge in [-0.2, -0.15) is 0 Å². The summed E-state index contributed by atoms with van der Waals surface area (Å²) in [6.07, 6.45) is -4.87. The molecule has 0 amide bonds. The van der Waals surface area contributed by atoms with E-state index >= 15 is 0 Å². The monoisotopic (exact) mass is 328 g/mol. The second kappa shape index (κ2) is 12.5. The lowest BCUT2D eigenvalue weighted by Crippen LogP contribution is -2.29. The molecule has 0 aliphatic carbocycles. The molecule has 0 saturated heterocycles. The van der Waals surface area contributed by atoms with Crippen LogP contribution >= 0.6 is 0 Å². The molecule has 10 heteroatoms. The quantitative estimate of drug-likeness (QED) is 0.406. The zero-order valence-corrected chi connectivity index (χ0v) is 12.3. The Kier molecular flexibility index (Phi) is 12.5. The predicted octanol–water partition coefficient (Wildman–Crippen LogP) is 0.423. The van der Waals surface area contributed by atoms with Crippen molar-refractivity contribution >= 4 is 23.9 Å². The first kappa shape index (κ1) is 22.0. The van der Waals surface area contributed by atoms with E-state index < -0.39 is 36.2 Å². The molecule has 0 aliphatic heterocycles. The molecule has 0 aliphatic rings. The molecule has 0 radical (unpaired) electrons. The number of carbonyl (C=O) groups is 4. The second-order valence-electron chi connectivity index (χ2n) is 3.32. The summed E-state index contributed by atoms with van der Waals surface area (Å²) in [5.41, 5.74) is 0. The molecular formula is C12H18F2O8. The summed E-state index contributed by atoms with van der Waals surface area (Å²) in [5.74, 6) is -5.57. The smallest absolute Gasteiger partial charge is 0.352 e. The highest BCUT2D eigenvalue weighted by Crippen LogP contribution is 1.98. The van der Waals surface area contributed by atoms with Crippen molar-refractivity contribution in [3.8, 4) is 0 Å². The average Bonchev–Trinajstić information content (AvgIpc) is 2.46. The molecule has 8 nitrogen and oxygen atoms in total. The molecule has 0 rings (SSSR count).